The second-order valence-corrected chi connectivity index (χ2v) is 12.7. The molecule has 0 spiro atoms. The average Bonchev–Trinajstić information content (AvgIpc) is 3.08. The molecule has 2 atom stereocenters. The summed E-state index contributed by atoms with van der Waals surface area (Å²) in [6.45, 7) is 1.67. The number of alkyl halides is 6. The lowest BCUT2D eigenvalue weighted by Crippen LogP contribution is -2.53. The molecule has 11 nitrogen and oxygen atoms in total. The van der Waals surface area contributed by atoms with Crippen molar-refractivity contribution in [3.05, 3.63) is 70.8 Å². The Bertz CT molecular complexity index is 1520. The number of nitrogens with two attached hydrogens (primary N) is 2. The molecule has 1 aliphatic heterocycles. The second kappa shape index (κ2) is 17.9. The van der Waals surface area contributed by atoms with E-state index >= 15 is 0 Å². The summed E-state index contributed by atoms with van der Waals surface area (Å²) in [6.07, 6.45) is -3.93. The highest BCUT2D eigenvalue weighted by Gasteiger charge is 2.39. The minimum absolute atomic E-state index is 0.0315. The third-order valence-electron chi connectivity index (χ3n) is 9.13. The van der Waals surface area contributed by atoms with Gasteiger partial charge < -0.3 is 32.1 Å². The van der Waals surface area contributed by atoms with Gasteiger partial charge in [0.2, 0.25) is 11.8 Å². The predicted molar refractivity (Wildman–Crippen MR) is 177 cm³/mol. The van der Waals surface area contributed by atoms with Crippen molar-refractivity contribution in [1.82, 2.24) is 15.5 Å². The van der Waals surface area contributed by atoms with Crippen LogP contribution in [0.3, 0.4) is 0 Å². The van der Waals surface area contributed by atoms with Gasteiger partial charge in [-0.2, -0.15) is 26.3 Å². The number of nitrogens with zero attached hydrogens (tertiary/aromatic N) is 1. The normalized spacial score (nSPS) is 16.9. The number of likely N-dealkylation sites (tertiary alicyclic amines) is 1. The number of amides is 2. The topological polar surface area (TPSA) is 198 Å². The quantitative estimate of drug-likeness (QED) is 0.104. The first kappa shape index (κ1) is 40.6. The maximum absolute atomic E-state index is 14.1. The molecule has 2 aliphatic rings. The van der Waals surface area contributed by atoms with E-state index in [0.29, 0.717) is 30.8 Å². The summed E-state index contributed by atoms with van der Waals surface area (Å²) in [5.41, 5.74) is 11.2. The van der Waals surface area contributed by atoms with Gasteiger partial charge in [-0.25, -0.2) is 4.79 Å². The summed E-state index contributed by atoms with van der Waals surface area (Å²) < 4.78 is 74.1. The predicted octanol–water partition coefficient (Wildman–Crippen LogP) is 4.74. The van der Waals surface area contributed by atoms with Crippen LogP contribution in [0.25, 0.3) is 0 Å². The number of halogens is 6. The lowest BCUT2D eigenvalue weighted by atomic mass is 9.82. The zero-order valence-electron chi connectivity index (χ0n) is 27.7. The molecule has 1 saturated heterocycles. The number of guanidine groups is 1. The molecule has 2 aromatic rings. The molecule has 2 aromatic carbocycles. The number of aliphatic carboxylic acids is 1. The van der Waals surface area contributed by atoms with Gasteiger partial charge in [0.05, 0.1) is 11.5 Å². The second-order valence-electron chi connectivity index (χ2n) is 12.7. The number of carbonyl (C=O) groups excluding carboxylic acids is 2. The van der Waals surface area contributed by atoms with Crippen LogP contribution in [0.4, 0.5) is 26.3 Å². The van der Waals surface area contributed by atoms with Crippen LogP contribution in [0.5, 0.6) is 0 Å². The molecule has 1 aliphatic carbocycles. The largest absolute Gasteiger partial charge is 0.490 e. The number of carboxylic acids is 1. The molecular weight excluding hydrogens is 684 g/mol. The number of benzene rings is 2. The summed E-state index contributed by atoms with van der Waals surface area (Å²) in [4.78, 5) is 38.3. The van der Waals surface area contributed by atoms with Crippen LogP contribution < -0.4 is 22.1 Å². The summed E-state index contributed by atoms with van der Waals surface area (Å²) in [6, 6.07) is 10.7. The number of nitrogens with one attached hydrogen (secondary N) is 4. The standard InChI is InChI=1S/C32H42F3N7O2.C2HF3O2/c33-32(34,35)26-9-5-4-8-24(26)25(18-20-10-12-23(13-11-20)28(36)37)29(43)41-27(22-6-2-1-3-7-22)30(44)40-19-21-14-16-42(17-15-21)31(38)39;3-2(4,5)1(6)7/h4-5,8-13,21-22,25,27H,1-3,6-7,14-19H2,(H3,36,37)(H3,38,39)(H,40,44)(H,41,43);(H,6,7)/t25?,27-;/m0./s1. The third kappa shape index (κ3) is 12.2. The van der Waals surface area contributed by atoms with Crippen molar-refractivity contribution >= 4 is 29.6 Å². The van der Waals surface area contributed by atoms with E-state index in [2.05, 4.69) is 10.6 Å². The van der Waals surface area contributed by atoms with Gasteiger partial charge in [-0.15, -0.1) is 0 Å². The Balaban J connectivity index is 0.000000908. The van der Waals surface area contributed by atoms with Crippen LogP contribution >= 0.6 is 0 Å². The number of carbonyl (C=O) groups is 3. The first-order valence-electron chi connectivity index (χ1n) is 16.4. The Hall–Kier alpha value is -4.83. The van der Waals surface area contributed by atoms with Gasteiger partial charge in [0.15, 0.2) is 5.96 Å². The van der Waals surface area contributed by atoms with Crippen LogP contribution in [0.15, 0.2) is 48.5 Å². The molecule has 2 fully saturated rings. The van der Waals surface area contributed by atoms with E-state index in [4.69, 9.17) is 32.2 Å². The van der Waals surface area contributed by atoms with Gasteiger partial charge in [0.1, 0.15) is 11.9 Å². The Morgan fingerprint density at radius 1 is 0.863 bits per heavy atom. The lowest BCUT2D eigenvalue weighted by molar-refractivity contribution is -0.192. The van der Waals surface area contributed by atoms with Crippen molar-refractivity contribution in [1.29, 1.82) is 10.8 Å². The van der Waals surface area contributed by atoms with Gasteiger partial charge in [0, 0.05) is 25.2 Å². The Morgan fingerprint density at radius 3 is 1.94 bits per heavy atom. The van der Waals surface area contributed by atoms with E-state index in [9.17, 15) is 35.9 Å². The van der Waals surface area contributed by atoms with E-state index in [0.717, 1.165) is 51.0 Å². The fourth-order valence-corrected chi connectivity index (χ4v) is 6.31. The monoisotopic (exact) mass is 727 g/mol. The first-order valence-corrected chi connectivity index (χ1v) is 16.4. The number of hydrogen-bond acceptors (Lipinski definition) is 5. The summed E-state index contributed by atoms with van der Waals surface area (Å²) in [7, 11) is 0. The minimum Gasteiger partial charge on any atom is -0.475 e. The molecule has 4 rings (SSSR count). The highest BCUT2D eigenvalue weighted by Crippen LogP contribution is 2.37. The number of hydrogen-bond donors (Lipinski definition) is 7. The van der Waals surface area contributed by atoms with Gasteiger partial charge in [-0.1, -0.05) is 61.7 Å². The summed E-state index contributed by atoms with van der Waals surface area (Å²) in [5.74, 6) is -4.98. The van der Waals surface area contributed by atoms with E-state index in [1.54, 1.807) is 29.2 Å². The molecule has 51 heavy (non-hydrogen) atoms. The smallest absolute Gasteiger partial charge is 0.475 e. The van der Waals surface area contributed by atoms with Crippen LogP contribution in [0.2, 0.25) is 0 Å². The van der Waals surface area contributed by atoms with Crippen molar-refractivity contribution in [2.45, 2.75) is 75.7 Å². The van der Waals surface area contributed by atoms with Crippen molar-refractivity contribution in [3.8, 4) is 0 Å². The molecule has 0 bridgehead atoms. The Kier molecular flexibility index (Phi) is 14.2. The number of carboxylic acid groups (broad SMARTS) is 1. The fraction of sp³-hybridized carbons (Fsp3) is 0.500. The summed E-state index contributed by atoms with van der Waals surface area (Å²) >= 11 is 0. The molecule has 2 amide bonds. The number of amidine groups is 1. The molecule has 1 saturated carbocycles. The number of piperidine rings is 1. The van der Waals surface area contributed by atoms with Crippen LogP contribution in [0.1, 0.15) is 73.1 Å². The van der Waals surface area contributed by atoms with Crippen LogP contribution in [-0.2, 0) is 27.0 Å². The van der Waals surface area contributed by atoms with Gasteiger partial charge in [-0.3, -0.25) is 20.4 Å². The van der Waals surface area contributed by atoms with E-state index < -0.39 is 41.8 Å². The highest BCUT2D eigenvalue weighted by molar-refractivity contribution is 5.95. The zero-order chi connectivity index (χ0) is 37.9. The molecular formula is C34H43F6N7O4. The molecule has 0 aromatic heterocycles. The minimum atomic E-state index is -5.08. The molecule has 280 valence electrons. The molecule has 9 N–H and O–H groups in total. The summed E-state index contributed by atoms with van der Waals surface area (Å²) in [5, 5.41) is 28.3. The molecule has 17 heteroatoms. The molecule has 1 unspecified atom stereocenters. The van der Waals surface area contributed by atoms with Crippen LogP contribution in [0, 0.1) is 22.7 Å². The van der Waals surface area contributed by atoms with Crippen molar-refractivity contribution < 1.29 is 45.8 Å². The van der Waals surface area contributed by atoms with E-state index in [1.165, 1.54) is 18.2 Å². The SMILES string of the molecule is N=C(N)c1ccc(CC(C(=O)N[C@H](C(=O)NCC2CCN(C(=N)N)CC2)C2CCCCC2)c2ccccc2C(F)(F)F)cc1.O=C(O)C(F)(F)F. The van der Waals surface area contributed by atoms with Gasteiger partial charge in [0.25, 0.3) is 0 Å². The third-order valence-corrected chi connectivity index (χ3v) is 9.13. The Morgan fingerprint density at radius 2 is 1.43 bits per heavy atom. The molecule has 1 heterocycles. The number of nitrogen functional groups attached to an aromatic ring is 1. The fourth-order valence-electron chi connectivity index (χ4n) is 6.31. The maximum Gasteiger partial charge on any atom is 0.490 e. The van der Waals surface area contributed by atoms with Gasteiger partial charge in [-0.05, 0) is 61.1 Å². The van der Waals surface area contributed by atoms with E-state index in [1.807, 2.05) is 0 Å². The van der Waals surface area contributed by atoms with E-state index in [-0.39, 0.29) is 41.5 Å². The van der Waals surface area contributed by atoms with Crippen LogP contribution in [-0.4, -0.2) is 71.4 Å². The first-order chi connectivity index (χ1) is 23.9. The molecule has 0 radical (unpaired) electrons. The highest BCUT2D eigenvalue weighted by atomic mass is 19.4. The number of rotatable bonds is 10. The van der Waals surface area contributed by atoms with Crippen molar-refractivity contribution in [3.63, 3.8) is 0 Å². The van der Waals surface area contributed by atoms with Crippen molar-refractivity contribution in [2.75, 3.05) is 19.6 Å². The van der Waals surface area contributed by atoms with Crippen molar-refractivity contribution in [2.24, 2.45) is 23.3 Å². The zero-order valence-corrected chi connectivity index (χ0v) is 27.7. The Labute approximate surface area is 291 Å². The lowest BCUT2D eigenvalue weighted by Gasteiger charge is -2.34. The average molecular weight is 728 g/mol. The van der Waals surface area contributed by atoms with Gasteiger partial charge >= 0.3 is 18.3 Å². The maximum atomic E-state index is 14.1.